The van der Waals surface area contributed by atoms with Gasteiger partial charge in [-0.1, -0.05) is 31.4 Å². The zero-order valence-corrected chi connectivity index (χ0v) is 16.3. The average molecular weight is 394 g/mol. The summed E-state index contributed by atoms with van der Waals surface area (Å²) in [4.78, 5) is 24.3. The Morgan fingerprint density at radius 3 is 2.85 bits per heavy atom. The number of fused-ring (bicyclic) bond motifs is 1. The second-order valence-electron chi connectivity index (χ2n) is 7.03. The van der Waals surface area contributed by atoms with E-state index in [4.69, 9.17) is 25.8 Å². The van der Waals surface area contributed by atoms with Crippen LogP contribution in [0.3, 0.4) is 0 Å². The number of nitrogens with one attached hydrogen (secondary N) is 1. The van der Waals surface area contributed by atoms with E-state index >= 15 is 0 Å². The lowest BCUT2D eigenvalue weighted by molar-refractivity contribution is -0.150. The summed E-state index contributed by atoms with van der Waals surface area (Å²) in [7, 11) is 0. The highest BCUT2D eigenvalue weighted by molar-refractivity contribution is 6.32. The molecule has 1 fully saturated rings. The minimum Gasteiger partial charge on any atom is -0.454 e. The fourth-order valence-electron chi connectivity index (χ4n) is 3.35. The van der Waals surface area contributed by atoms with Gasteiger partial charge in [0.2, 0.25) is 6.79 Å². The van der Waals surface area contributed by atoms with Crippen molar-refractivity contribution in [2.75, 3.05) is 6.79 Å². The molecule has 0 radical (unpaired) electrons. The molecule has 6 nitrogen and oxygen atoms in total. The number of amides is 1. The van der Waals surface area contributed by atoms with Crippen LogP contribution in [0.15, 0.2) is 18.2 Å². The summed E-state index contributed by atoms with van der Waals surface area (Å²) in [5, 5.41) is 3.40. The van der Waals surface area contributed by atoms with Crippen LogP contribution >= 0.6 is 11.6 Å². The van der Waals surface area contributed by atoms with Gasteiger partial charge in [0.25, 0.3) is 5.91 Å². The highest BCUT2D eigenvalue weighted by atomic mass is 35.5. The highest BCUT2D eigenvalue weighted by Gasteiger charge is 2.26. The molecular formula is C20H24ClNO5. The lowest BCUT2D eigenvalue weighted by Crippen LogP contribution is -2.45. The molecule has 1 aliphatic carbocycles. The van der Waals surface area contributed by atoms with Crippen LogP contribution in [0.25, 0.3) is 6.08 Å². The highest BCUT2D eigenvalue weighted by Crippen LogP contribution is 2.40. The summed E-state index contributed by atoms with van der Waals surface area (Å²) >= 11 is 6.11. The molecule has 7 heteroatoms. The SMILES string of the molecule is C[C@@H](OC(=O)/C=C/c1cc(Cl)c2c(c1)OCO2)C(=O)N[C@@H]1CCCC[C@@H]1C. The van der Waals surface area contributed by atoms with Gasteiger partial charge in [0, 0.05) is 12.1 Å². The second kappa shape index (κ2) is 8.65. The van der Waals surface area contributed by atoms with Gasteiger partial charge in [0.1, 0.15) is 0 Å². The topological polar surface area (TPSA) is 73.9 Å². The molecule has 0 bridgehead atoms. The summed E-state index contributed by atoms with van der Waals surface area (Å²) in [6, 6.07) is 3.54. The minimum absolute atomic E-state index is 0.122. The number of hydrogen-bond donors (Lipinski definition) is 1. The first-order valence-electron chi connectivity index (χ1n) is 9.22. The maximum atomic E-state index is 12.3. The maximum absolute atomic E-state index is 12.3. The minimum atomic E-state index is -0.850. The largest absolute Gasteiger partial charge is 0.454 e. The Bertz CT molecular complexity index is 748. The predicted octanol–water partition coefficient (Wildman–Crippen LogP) is 3.71. The quantitative estimate of drug-likeness (QED) is 0.609. The van der Waals surface area contributed by atoms with Gasteiger partial charge < -0.3 is 19.5 Å². The van der Waals surface area contributed by atoms with Gasteiger partial charge in [-0.25, -0.2) is 4.79 Å². The number of hydrogen-bond acceptors (Lipinski definition) is 5. The number of ether oxygens (including phenoxy) is 3. The van der Waals surface area contributed by atoms with Gasteiger partial charge in [-0.05, 0) is 49.5 Å². The van der Waals surface area contributed by atoms with Crippen molar-refractivity contribution < 1.29 is 23.8 Å². The van der Waals surface area contributed by atoms with E-state index in [2.05, 4.69) is 12.2 Å². The van der Waals surface area contributed by atoms with Crippen LogP contribution in [-0.2, 0) is 14.3 Å². The summed E-state index contributed by atoms with van der Waals surface area (Å²) in [5.41, 5.74) is 0.675. The zero-order valence-electron chi connectivity index (χ0n) is 15.5. The maximum Gasteiger partial charge on any atom is 0.331 e. The fraction of sp³-hybridized carbons (Fsp3) is 0.500. The molecule has 0 unspecified atom stereocenters. The van der Waals surface area contributed by atoms with Crippen LogP contribution in [0.2, 0.25) is 5.02 Å². The van der Waals surface area contributed by atoms with Crippen molar-refractivity contribution in [3.05, 3.63) is 28.8 Å². The van der Waals surface area contributed by atoms with Crippen LogP contribution in [0.5, 0.6) is 11.5 Å². The molecule has 1 aliphatic heterocycles. The molecular weight excluding hydrogens is 370 g/mol. The van der Waals surface area contributed by atoms with Crippen molar-refractivity contribution in [1.82, 2.24) is 5.32 Å². The van der Waals surface area contributed by atoms with Crippen LogP contribution < -0.4 is 14.8 Å². The standard InChI is InChI=1S/C20H24ClNO5/c1-12-5-3-4-6-16(12)22-20(24)13(2)27-18(23)8-7-14-9-15(21)19-17(10-14)25-11-26-19/h7-10,12-13,16H,3-6,11H2,1-2H3,(H,22,24)/b8-7+/t12-,13+,16+/m0/s1. The monoisotopic (exact) mass is 393 g/mol. The summed E-state index contributed by atoms with van der Waals surface area (Å²) in [6.45, 7) is 3.84. The van der Waals surface area contributed by atoms with E-state index in [0.29, 0.717) is 28.0 Å². The first-order valence-corrected chi connectivity index (χ1v) is 9.60. The molecule has 1 aromatic carbocycles. The Morgan fingerprint density at radius 2 is 2.07 bits per heavy atom. The molecule has 3 atom stereocenters. The second-order valence-corrected chi connectivity index (χ2v) is 7.43. The van der Waals surface area contributed by atoms with Crippen molar-refractivity contribution in [2.24, 2.45) is 5.92 Å². The zero-order chi connectivity index (χ0) is 19.4. The molecule has 2 aliphatic rings. The molecule has 146 valence electrons. The first-order chi connectivity index (χ1) is 12.9. The van der Waals surface area contributed by atoms with E-state index < -0.39 is 12.1 Å². The first kappa shape index (κ1) is 19.5. The van der Waals surface area contributed by atoms with Crippen molar-refractivity contribution in [1.29, 1.82) is 0 Å². The van der Waals surface area contributed by atoms with E-state index in [9.17, 15) is 9.59 Å². The third-order valence-electron chi connectivity index (χ3n) is 4.96. The predicted molar refractivity (Wildman–Crippen MR) is 102 cm³/mol. The molecule has 1 amide bonds. The molecule has 1 aromatic rings. The third-order valence-corrected chi connectivity index (χ3v) is 5.24. The van der Waals surface area contributed by atoms with Crippen molar-refractivity contribution in [3.63, 3.8) is 0 Å². The number of halogens is 1. The Labute approximate surface area is 163 Å². The van der Waals surface area contributed by atoms with Gasteiger partial charge in [-0.2, -0.15) is 0 Å². The summed E-state index contributed by atoms with van der Waals surface area (Å²) in [6.07, 6.45) is 6.37. The van der Waals surface area contributed by atoms with Gasteiger partial charge in [-0.3, -0.25) is 4.79 Å². The number of carbonyl (C=O) groups is 2. The van der Waals surface area contributed by atoms with E-state index in [-0.39, 0.29) is 18.7 Å². The van der Waals surface area contributed by atoms with Gasteiger partial charge in [0.15, 0.2) is 17.6 Å². The Kier molecular flexibility index (Phi) is 6.26. The smallest absolute Gasteiger partial charge is 0.331 e. The lowest BCUT2D eigenvalue weighted by atomic mass is 9.86. The molecule has 27 heavy (non-hydrogen) atoms. The van der Waals surface area contributed by atoms with Gasteiger partial charge in [0.05, 0.1) is 5.02 Å². The van der Waals surface area contributed by atoms with Crippen LogP contribution in [0, 0.1) is 5.92 Å². The van der Waals surface area contributed by atoms with Crippen molar-refractivity contribution in [3.8, 4) is 11.5 Å². The van der Waals surface area contributed by atoms with Crippen LogP contribution in [0.1, 0.15) is 45.1 Å². The van der Waals surface area contributed by atoms with Gasteiger partial charge in [-0.15, -0.1) is 0 Å². The molecule has 1 heterocycles. The number of esters is 1. The van der Waals surface area contributed by atoms with Crippen molar-refractivity contribution in [2.45, 2.75) is 51.7 Å². The Balaban J connectivity index is 1.53. The van der Waals surface area contributed by atoms with Crippen LogP contribution in [0.4, 0.5) is 0 Å². The molecule has 1 N–H and O–H groups in total. The van der Waals surface area contributed by atoms with Crippen molar-refractivity contribution >= 4 is 29.6 Å². The molecule has 0 saturated heterocycles. The van der Waals surface area contributed by atoms with E-state index in [1.54, 1.807) is 25.1 Å². The van der Waals surface area contributed by atoms with Gasteiger partial charge >= 0.3 is 5.97 Å². The molecule has 3 rings (SSSR count). The normalized spacial score (nSPS) is 22.5. The Hall–Kier alpha value is -2.21. The summed E-state index contributed by atoms with van der Waals surface area (Å²) in [5.74, 6) is 0.620. The average Bonchev–Trinajstić information content (AvgIpc) is 3.11. The lowest BCUT2D eigenvalue weighted by Gasteiger charge is -2.30. The van der Waals surface area contributed by atoms with E-state index in [0.717, 1.165) is 19.3 Å². The molecule has 1 saturated carbocycles. The number of carbonyl (C=O) groups excluding carboxylic acids is 2. The Morgan fingerprint density at radius 1 is 1.30 bits per heavy atom. The number of rotatable bonds is 5. The fourth-order valence-corrected chi connectivity index (χ4v) is 3.62. The van der Waals surface area contributed by atoms with E-state index in [1.165, 1.54) is 12.5 Å². The number of benzene rings is 1. The third kappa shape index (κ3) is 4.95. The summed E-state index contributed by atoms with van der Waals surface area (Å²) < 4.78 is 15.7. The van der Waals surface area contributed by atoms with E-state index in [1.807, 2.05) is 0 Å². The molecule has 0 spiro atoms. The molecule has 0 aromatic heterocycles. The van der Waals surface area contributed by atoms with Crippen LogP contribution in [-0.4, -0.2) is 30.8 Å².